The Morgan fingerprint density at radius 1 is 1.48 bits per heavy atom. The van der Waals surface area contributed by atoms with E-state index in [0.717, 1.165) is 48.2 Å². The fraction of sp³-hybridized carbons (Fsp3) is 0.529. The quantitative estimate of drug-likeness (QED) is 0.313. The number of rotatable bonds is 4. The van der Waals surface area contributed by atoms with Crippen molar-refractivity contribution in [3.63, 3.8) is 0 Å². The monoisotopic (exact) mass is 307 g/mol. The third kappa shape index (κ3) is 4.02. The summed E-state index contributed by atoms with van der Waals surface area (Å²) >= 11 is 4.58. The van der Waals surface area contributed by atoms with Crippen molar-refractivity contribution in [3.8, 4) is 0 Å². The molecule has 0 spiro atoms. The third-order valence-corrected chi connectivity index (χ3v) is 4.78. The van der Waals surface area contributed by atoms with Gasteiger partial charge in [0.25, 0.3) is 0 Å². The van der Waals surface area contributed by atoms with E-state index in [0.29, 0.717) is 12.3 Å². The fourth-order valence-corrected chi connectivity index (χ4v) is 3.22. The van der Waals surface area contributed by atoms with Gasteiger partial charge in [0.2, 0.25) is 0 Å². The highest BCUT2D eigenvalue weighted by atomic mass is 32.1. The molecule has 2 aliphatic rings. The van der Waals surface area contributed by atoms with E-state index in [1.807, 2.05) is 6.08 Å². The van der Waals surface area contributed by atoms with Crippen molar-refractivity contribution in [1.29, 1.82) is 0 Å². The minimum atomic E-state index is 0.201. The molecule has 0 aliphatic heterocycles. The summed E-state index contributed by atoms with van der Waals surface area (Å²) in [5, 5.41) is 9.34. The van der Waals surface area contributed by atoms with Crippen molar-refractivity contribution < 1.29 is 10.1 Å². The standard InChI is InChI=1S/C17H25NO2S/c1-17(2)8-7-16(21)14(10-17)15(20-19)9-12-5-3-4-6-13(12)11-18/h3,5,9,19,21H,4,6-8,10-11,18H2,1-2H3/b15-9-. The van der Waals surface area contributed by atoms with Gasteiger partial charge in [0.1, 0.15) is 0 Å². The van der Waals surface area contributed by atoms with Crippen LogP contribution in [-0.4, -0.2) is 11.8 Å². The minimum Gasteiger partial charge on any atom is -0.340 e. The highest BCUT2D eigenvalue weighted by Crippen LogP contribution is 2.43. The van der Waals surface area contributed by atoms with E-state index < -0.39 is 0 Å². The molecule has 2 aliphatic carbocycles. The molecule has 0 radical (unpaired) electrons. The van der Waals surface area contributed by atoms with Crippen LogP contribution in [0.5, 0.6) is 0 Å². The summed E-state index contributed by atoms with van der Waals surface area (Å²) in [6, 6.07) is 0. The third-order valence-electron chi connectivity index (χ3n) is 4.29. The molecular weight excluding hydrogens is 282 g/mol. The molecule has 3 nitrogen and oxygen atoms in total. The van der Waals surface area contributed by atoms with E-state index >= 15 is 0 Å². The zero-order valence-electron chi connectivity index (χ0n) is 12.9. The summed E-state index contributed by atoms with van der Waals surface area (Å²) in [7, 11) is 0. The second kappa shape index (κ2) is 6.86. The van der Waals surface area contributed by atoms with Crippen molar-refractivity contribution >= 4 is 12.6 Å². The van der Waals surface area contributed by atoms with Crippen LogP contribution in [-0.2, 0) is 4.89 Å². The number of thiol groups is 1. The van der Waals surface area contributed by atoms with E-state index in [4.69, 9.17) is 10.6 Å². The van der Waals surface area contributed by atoms with Crippen LogP contribution in [0.3, 0.4) is 0 Å². The maximum atomic E-state index is 9.34. The van der Waals surface area contributed by atoms with Crippen LogP contribution >= 0.6 is 12.6 Å². The minimum absolute atomic E-state index is 0.201. The normalized spacial score (nSPS) is 22.8. The molecule has 4 heteroatoms. The number of allylic oxidation sites excluding steroid dienone is 6. The highest BCUT2D eigenvalue weighted by molar-refractivity contribution is 7.84. The predicted molar refractivity (Wildman–Crippen MR) is 89.9 cm³/mol. The largest absolute Gasteiger partial charge is 0.340 e. The van der Waals surface area contributed by atoms with Crippen LogP contribution in [0.1, 0.15) is 46.0 Å². The Balaban J connectivity index is 2.37. The first-order valence-electron chi connectivity index (χ1n) is 7.50. The molecule has 0 bridgehead atoms. The summed E-state index contributed by atoms with van der Waals surface area (Å²) in [5.41, 5.74) is 9.25. The summed E-state index contributed by atoms with van der Waals surface area (Å²) in [4.78, 5) is 5.70. The lowest BCUT2D eigenvalue weighted by atomic mass is 9.76. The van der Waals surface area contributed by atoms with Gasteiger partial charge in [-0.2, -0.15) is 0 Å². The first kappa shape index (κ1) is 16.4. The second-order valence-corrected chi connectivity index (χ2v) is 7.11. The van der Waals surface area contributed by atoms with Gasteiger partial charge < -0.3 is 10.6 Å². The zero-order chi connectivity index (χ0) is 15.5. The van der Waals surface area contributed by atoms with Gasteiger partial charge in [-0.3, -0.25) is 0 Å². The number of hydrogen-bond donors (Lipinski definition) is 3. The fourth-order valence-electron chi connectivity index (χ4n) is 2.92. The van der Waals surface area contributed by atoms with Gasteiger partial charge in [0, 0.05) is 12.1 Å². The SMILES string of the molecule is CC1(C)CCC(S)=C(/C(=C/C2=C(CN)CCC=C2)OO)C1. The molecule has 116 valence electrons. The first-order valence-corrected chi connectivity index (χ1v) is 7.94. The maximum Gasteiger partial charge on any atom is 0.169 e. The van der Waals surface area contributed by atoms with Gasteiger partial charge in [-0.25, -0.2) is 5.26 Å². The van der Waals surface area contributed by atoms with Crippen molar-refractivity contribution in [3.05, 3.63) is 45.6 Å². The van der Waals surface area contributed by atoms with Gasteiger partial charge in [0.15, 0.2) is 5.76 Å². The van der Waals surface area contributed by atoms with Crippen molar-refractivity contribution in [2.24, 2.45) is 11.1 Å². The van der Waals surface area contributed by atoms with Crippen LogP contribution in [0, 0.1) is 5.41 Å². The molecule has 0 aromatic rings. The van der Waals surface area contributed by atoms with Gasteiger partial charge in [-0.1, -0.05) is 26.0 Å². The molecule has 0 aromatic heterocycles. The highest BCUT2D eigenvalue weighted by Gasteiger charge is 2.28. The average Bonchev–Trinajstić information content (AvgIpc) is 2.48. The lowest BCUT2D eigenvalue weighted by molar-refractivity contribution is -0.200. The summed E-state index contributed by atoms with van der Waals surface area (Å²) < 4.78 is 0. The zero-order valence-corrected chi connectivity index (χ0v) is 13.7. The van der Waals surface area contributed by atoms with E-state index in [1.54, 1.807) is 0 Å². The van der Waals surface area contributed by atoms with E-state index in [9.17, 15) is 5.26 Å². The second-order valence-electron chi connectivity index (χ2n) is 6.57. The molecule has 3 N–H and O–H groups in total. The van der Waals surface area contributed by atoms with E-state index in [2.05, 4.69) is 38.6 Å². The first-order chi connectivity index (χ1) is 9.96. The Bertz CT molecular complexity index is 527. The summed E-state index contributed by atoms with van der Waals surface area (Å²) in [5.74, 6) is 0.500. The number of hydrogen-bond acceptors (Lipinski definition) is 4. The van der Waals surface area contributed by atoms with Gasteiger partial charge >= 0.3 is 0 Å². The average molecular weight is 307 g/mol. The van der Waals surface area contributed by atoms with Gasteiger partial charge in [-0.05, 0) is 59.6 Å². The molecule has 0 amide bonds. The maximum absolute atomic E-state index is 9.34. The van der Waals surface area contributed by atoms with E-state index in [-0.39, 0.29) is 5.41 Å². The molecule has 21 heavy (non-hydrogen) atoms. The molecule has 0 saturated heterocycles. The Hall–Kier alpha value is -0.970. The Labute approximate surface area is 132 Å². The predicted octanol–water partition coefficient (Wildman–Crippen LogP) is 4.36. The lowest BCUT2D eigenvalue weighted by Gasteiger charge is -2.32. The Morgan fingerprint density at radius 2 is 2.24 bits per heavy atom. The van der Waals surface area contributed by atoms with Crippen molar-refractivity contribution in [2.75, 3.05) is 6.54 Å². The molecule has 0 heterocycles. The van der Waals surface area contributed by atoms with E-state index in [1.165, 1.54) is 5.57 Å². The molecule has 0 atom stereocenters. The lowest BCUT2D eigenvalue weighted by Crippen LogP contribution is -2.19. The van der Waals surface area contributed by atoms with Crippen LogP contribution < -0.4 is 5.73 Å². The van der Waals surface area contributed by atoms with Crippen LogP contribution in [0.4, 0.5) is 0 Å². The van der Waals surface area contributed by atoms with Gasteiger partial charge in [0.05, 0.1) is 0 Å². The molecule has 2 rings (SSSR count). The Kier molecular flexibility index (Phi) is 5.36. The summed E-state index contributed by atoms with van der Waals surface area (Å²) in [6.07, 6.45) is 10.9. The Morgan fingerprint density at radius 3 is 2.90 bits per heavy atom. The smallest absolute Gasteiger partial charge is 0.169 e. The van der Waals surface area contributed by atoms with Crippen LogP contribution in [0.25, 0.3) is 0 Å². The van der Waals surface area contributed by atoms with Crippen LogP contribution in [0.15, 0.2) is 45.6 Å². The van der Waals surface area contributed by atoms with Crippen molar-refractivity contribution in [2.45, 2.75) is 46.0 Å². The van der Waals surface area contributed by atoms with Crippen LogP contribution in [0.2, 0.25) is 0 Å². The molecule has 0 aromatic carbocycles. The van der Waals surface area contributed by atoms with Gasteiger partial charge in [-0.15, -0.1) is 12.6 Å². The molecular formula is C17H25NO2S. The molecule has 0 saturated carbocycles. The molecule has 0 fully saturated rings. The topological polar surface area (TPSA) is 55.5 Å². The number of nitrogens with two attached hydrogens (primary N) is 1. The van der Waals surface area contributed by atoms with Crippen molar-refractivity contribution in [1.82, 2.24) is 0 Å². The summed E-state index contributed by atoms with van der Waals surface area (Å²) in [6.45, 7) is 4.99. The molecule has 0 unspecified atom stereocenters.